The predicted octanol–water partition coefficient (Wildman–Crippen LogP) is 1.87. The molecule has 6 nitrogen and oxygen atoms in total. The van der Waals surface area contributed by atoms with Crippen molar-refractivity contribution in [2.45, 2.75) is 13.8 Å². The minimum atomic E-state index is -0.524. The number of nitro groups is 1. The molecule has 1 amide bonds. The third kappa shape index (κ3) is 2.28. The second-order valence-corrected chi connectivity index (χ2v) is 3.23. The highest BCUT2D eigenvalue weighted by Crippen LogP contribution is 2.34. The molecule has 0 aliphatic carbocycles. The van der Waals surface area contributed by atoms with Gasteiger partial charge >= 0.3 is 5.69 Å². The zero-order chi connectivity index (χ0) is 12.3. The van der Waals surface area contributed by atoms with Gasteiger partial charge in [0.05, 0.1) is 12.0 Å². The summed E-state index contributed by atoms with van der Waals surface area (Å²) in [6.45, 7) is 3.02. The third-order valence-corrected chi connectivity index (χ3v) is 2.10. The maximum absolute atomic E-state index is 10.9. The van der Waals surface area contributed by atoms with Crippen LogP contribution in [0.2, 0.25) is 0 Å². The minimum Gasteiger partial charge on any atom is -0.490 e. The Morgan fingerprint density at radius 1 is 1.50 bits per heavy atom. The summed E-state index contributed by atoms with van der Waals surface area (Å²) < 4.78 is 4.97. The van der Waals surface area contributed by atoms with E-state index in [0.29, 0.717) is 11.3 Å². The Hall–Kier alpha value is -2.11. The summed E-state index contributed by atoms with van der Waals surface area (Å²) in [6.07, 6.45) is 0. The van der Waals surface area contributed by atoms with Gasteiger partial charge in [-0.05, 0) is 13.0 Å². The fraction of sp³-hybridized carbons (Fsp3) is 0.300. The Balaban J connectivity index is 3.28. The smallest absolute Gasteiger partial charge is 0.311 e. The number of carbonyl (C=O) groups is 1. The largest absolute Gasteiger partial charge is 0.490 e. The number of anilines is 1. The van der Waals surface area contributed by atoms with Crippen LogP contribution in [0.5, 0.6) is 5.75 Å². The molecule has 6 heteroatoms. The van der Waals surface area contributed by atoms with E-state index in [-0.39, 0.29) is 17.3 Å². The Labute approximate surface area is 92.4 Å². The normalized spacial score (nSPS) is 9.69. The lowest BCUT2D eigenvalue weighted by molar-refractivity contribution is -0.385. The molecule has 0 unspecified atom stereocenters. The number of carbonyl (C=O) groups excluding carboxylic acids is 1. The first kappa shape index (κ1) is 12.0. The summed E-state index contributed by atoms with van der Waals surface area (Å²) >= 11 is 0. The van der Waals surface area contributed by atoms with Crippen molar-refractivity contribution in [1.29, 1.82) is 0 Å². The molecule has 1 N–H and O–H groups in total. The van der Waals surface area contributed by atoms with Gasteiger partial charge in [-0.1, -0.05) is 0 Å². The van der Waals surface area contributed by atoms with Gasteiger partial charge in [-0.15, -0.1) is 0 Å². The van der Waals surface area contributed by atoms with Gasteiger partial charge < -0.3 is 10.1 Å². The highest BCUT2D eigenvalue weighted by Gasteiger charge is 2.19. The summed E-state index contributed by atoms with van der Waals surface area (Å²) in [5.74, 6) is -0.0738. The number of amides is 1. The number of hydrogen-bond donors (Lipinski definition) is 1. The first-order chi connectivity index (χ1) is 7.47. The topological polar surface area (TPSA) is 81.5 Å². The molecule has 0 fully saturated rings. The fourth-order valence-corrected chi connectivity index (χ4v) is 1.40. The molecule has 0 saturated carbocycles. The maximum atomic E-state index is 10.9. The molecule has 1 rings (SSSR count). The second-order valence-electron chi connectivity index (χ2n) is 3.23. The lowest BCUT2D eigenvalue weighted by Gasteiger charge is -2.10. The number of rotatable bonds is 3. The van der Waals surface area contributed by atoms with Crippen molar-refractivity contribution in [3.8, 4) is 5.75 Å². The van der Waals surface area contributed by atoms with Crippen LogP contribution in [0.4, 0.5) is 11.4 Å². The lowest BCUT2D eigenvalue weighted by atomic mass is 10.1. The van der Waals surface area contributed by atoms with Gasteiger partial charge in [0.1, 0.15) is 0 Å². The minimum absolute atomic E-state index is 0.117. The third-order valence-electron chi connectivity index (χ3n) is 2.10. The van der Waals surface area contributed by atoms with E-state index in [4.69, 9.17) is 4.74 Å². The van der Waals surface area contributed by atoms with Crippen LogP contribution in [-0.4, -0.2) is 17.9 Å². The molecular weight excluding hydrogens is 212 g/mol. The standard InChI is InChI=1S/C10H12N2O4/c1-6-8(11-7(2)13)4-5-9(12(14)15)10(6)16-3/h4-5H,1-3H3,(H,11,13). The van der Waals surface area contributed by atoms with E-state index in [0.717, 1.165) is 0 Å². The van der Waals surface area contributed by atoms with E-state index in [1.807, 2.05) is 0 Å². The number of nitrogens with one attached hydrogen (secondary N) is 1. The molecule has 0 saturated heterocycles. The van der Waals surface area contributed by atoms with E-state index in [1.54, 1.807) is 6.92 Å². The summed E-state index contributed by atoms with van der Waals surface area (Å²) in [5.41, 5.74) is 0.927. The summed E-state index contributed by atoms with van der Waals surface area (Å²) in [7, 11) is 1.35. The van der Waals surface area contributed by atoms with Crippen LogP contribution >= 0.6 is 0 Å². The van der Waals surface area contributed by atoms with Crippen LogP contribution in [0.3, 0.4) is 0 Å². The van der Waals surface area contributed by atoms with Crippen molar-refractivity contribution in [3.63, 3.8) is 0 Å². The van der Waals surface area contributed by atoms with Gasteiger partial charge in [0.2, 0.25) is 11.7 Å². The average Bonchev–Trinajstić information content (AvgIpc) is 2.19. The highest BCUT2D eigenvalue weighted by molar-refractivity contribution is 5.90. The lowest BCUT2D eigenvalue weighted by Crippen LogP contribution is -2.08. The van der Waals surface area contributed by atoms with E-state index in [1.165, 1.54) is 26.2 Å². The molecule has 0 spiro atoms. The number of benzene rings is 1. The average molecular weight is 224 g/mol. The Bertz CT molecular complexity index is 443. The van der Waals surface area contributed by atoms with Crippen molar-refractivity contribution >= 4 is 17.3 Å². The molecule has 0 radical (unpaired) electrons. The van der Waals surface area contributed by atoms with Crippen LogP contribution in [0, 0.1) is 17.0 Å². The van der Waals surface area contributed by atoms with Gasteiger partial charge in [0.25, 0.3) is 0 Å². The van der Waals surface area contributed by atoms with Gasteiger partial charge in [-0.3, -0.25) is 14.9 Å². The SMILES string of the molecule is COc1c([N+](=O)[O-])ccc(NC(C)=O)c1C. The molecule has 1 aromatic carbocycles. The van der Waals surface area contributed by atoms with E-state index >= 15 is 0 Å². The molecule has 16 heavy (non-hydrogen) atoms. The van der Waals surface area contributed by atoms with Crippen LogP contribution in [0.1, 0.15) is 12.5 Å². The van der Waals surface area contributed by atoms with Crippen LogP contribution in [0.15, 0.2) is 12.1 Å². The molecule has 0 heterocycles. The number of nitro benzene ring substituents is 1. The van der Waals surface area contributed by atoms with Gasteiger partial charge in [-0.25, -0.2) is 0 Å². The van der Waals surface area contributed by atoms with Crippen LogP contribution < -0.4 is 10.1 Å². The molecule has 0 aliphatic rings. The Morgan fingerprint density at radius 3 is 2.56 bits per heavy atom. The van der Waals surface area contributed by atoms with Crippen molar-refractivity contribution in [1.82, 2.24) is 0 Å². The zero-order valence-corrected chi connectivity index (χ0v) is 9.23. The monoisotopic (exact) mass is 224 g/mol. The second kappa shape index (κ2) is 4.61. The van der Waals surface area contributed by atoms with Crippen molar-refractivity contribution in [3.05, 3.63) is 27.8 Å². The van der Waals surface area contributed by atoms with Crippen molar-refractivity contribution < 1.29 is 14.5 Å². The van der Waals surface area contributed by atoms with E-state index in [2.05, 4.69) is 5.32 Å². The summed E-state index contributed by atoms with van der Waals surface area (Å²) in [5, 5.41) is 13.3. The van der Waals surface area contributed by atoms with Gasteiger partial charge in [-0.2, -0.15) is 0 Å². The van der Waals surface area contributed by atoms with Crippen LogP contribution in [-0.2, 0) is 4.79 Å². The quantitative estimate of drug-likeness (QED) is 0.627. The molecular formula is C10H12N2O4. The van der Waals surface area contributed by atoms with E-state index < -0.39 is 4.92 Å². The highest BCUT2D eigenvalue weighted by atomic mass is 16.6. The van der Waals surface area contributed by atoms with Gasteiger partial charge in [0.15, 0.2) is 0 Å². The molecule has 1 aromatic rings. The number of methoxy groups -OCH3 is 1. The Morgan fingerprint density at radius 2 is 2.12 bits per heavy atom. The molecule has 0 bridgehead atoms. The van der Waals surface area contributed by atoms with Crippen molar-refractivity contribution in [2.75, 3.05) is 12.4 Å². The van der Waals surface area contributed by atoms with Crippen molar-refractivity contribution in [2.24, 2.45) is 0 Å². The number of hydrogen-bond acceptors (Lipinski definition) is 4. The summed E-state index contributed by atoms with van der Waals surface area (Å²) in [4.78, 5) is 21.1. The van der Waals surface area contributed by atoms with Gasteiger partial charge in [0, 0.05) is 24.2 Å². The predicted molar refractivity (Wildman–Crippen MR) is 58.7 cm³/mol. The maximum Gasteiger partial charge on any atom is 0.311 e. The zero-order valence-electron chi connectivity index (χ0n) is 9.23. The number of nitrogens with zero attached hydrogens (tertiary/aromatic N) is 1. The molecule has 86 valence electrons. The number of ether oxygens (including phenoxy) is 1. The fourth-order valence-electron chi connectivity index (χ4n) is 1.40. The first-order valence-electron chi connectivity index (χ1n) is 4.57. The molecule has 0 atom stereocenters. The molecule has 0 aliphatic heterocycles. The summed E-state index contributed by atoms with van der Waals surface area (Å²) in [6, 6.07) is 2.79. The molecule has 0 aromatic heterocycles. The van der Waals surface area contributed by atoms with Crippen LogP contribution in [0.25, 0.3) is 0 Å². The first-order valence-corrected chi connectivity index (χ1v) is 4.57. The Kier molecular flexibility index (Phi) is 3.44. The van der Waals surface area contributed by atoms with E-state index in [9.17, 15) is 14.9 Å².